The van der Waals surface area contributed by atoms with Crippen molar-refractivity contribution < 1.29 is 9.18 Å². The van der Waals surface area contributed by atoms with E-state index in [2.05, 4.69) is 4.98 Å². The van der Waals surface area contributed by atoms with Gasteiger partial charge in [0.15, 0.2) is 0 Å². The molecule has 0 spiro atoms. The number of hydrogen-bond donors (Lipinski definition) is 1. The van der Waals surface area contributed by atoms with Gasteiger partial charge in [-0.25, -0.2) is 4.39 Å². The first-order valence-electron chi connectivity index (χ1n) is 6.46. The molecule has 1 aliphatic heterocycles. The van der Waals surface area contributed by atoms with Crippen LogP contribution in [0.1, 0.15) is 22.3 Å². The van der Waals surface area contributed by atoms with Crippen LogP contribution in [0.15, 0.2) is 36.7 Å². The molecule has 0 radical (unpaired) electrons. The molecule has 2 N–H and O–H groups in total. The lowest BCUT2D eigenvalue weighted by Crippen LogP contribution is -2.35. The van der Waals surface area contributed by atoms with Gasteiger partial charge in [0.25, 0.3) is 5.91 Å². The maximum atomic E-state index is 13.2. The van der Waals surface area contributed by atoms with Crippen molar-refractivity contribution in [2.45, 2.75) is 12.8 Å². The van der Waals surface area contributed by atoms with E-state index in [0.29, 0.717) is 12.2 Å². The molecule has 2 heterocycles. The Balaban J connectivity index is 2.00. The lowest BCUT2D eigenvalue weighted by atomic mass is 10.0. The van der Waals surface area contributed by atoms with Crippen molar-refractivity contribution in [1.82, 2.24) is 4.98 Å². The molecule has 0 bridgehead atoms. The van der Waals surface area contributed by atoms with Gasteiger partial charge in [-0.15, -0.1) is 0 Å². The zero-order valence-electron chi connectivity index (χ0n) is 10.8. The first-order valence-corrected chi connectivity index (χ1v) is 6.46. The molecule has 1 amide bonds. The predicted octanol–water partition coefficient (Wildman–Crippen LogP) is 2.40. The number of nitrogens with zero attached hydrogens (tertiary/aromatic N) is 2. The molecule has 3 rings (SSSR count). The fourth-order valence-electron chi connectivity index (χ4n) is 2.49. The number of halogens is 1. The van der Waals surface area contributed by atoms with E-state index in [4.69, 9.17) is 5.73 Å². The normalized spacial score (nSPS) is 13.9. The number of aromatic nitrogens is 1. The van der Waals surface area contributed by atoms with Crippen LogP contribution in [0.3, 0.4) is 0 Å². The Morgan fingerprint density at radius 1 is 1.30 bits per heavy atom. The van der Waals surface area contributed by atoms with Crippen LogP contribution < -0.4 is 10.6 Å². The number of amides is 1. The SMILES string of the molecule is Nc1ccc2c(c1)N(C(=O)c1cncc(F)c1)CCC2. The highest BCUT2D eigenvalue weighted by Crippen LogP contribution is 2.30. The number of rotatable bonds is 1. The van der Waals surface area contributed by atoms with Crippen LogP contribution in [0.2, 0.25) is 0 Å². The van der Waals surface area contributed by atoms with E-state index in [9.17, 15) is 9.18 Å². The maximum absolute atomic E-state index is 13.2. The van der Waals surface area contributed by atoms with Crippen molar-refractivity contribution in [3.8, 4) is 0 Å². The Morgan fingerprint density at radius 3 is 2.95 bits per heavy atom. The Bertz CT molecular complexity index is 672. The standard InChI is InChI=1S/C15H14FN3O/c16-12-6-11(8-18-9-12)15(20)19-5-1-2-10-3-4-13(17)7-14(10)19/h3-4,6-9H,1-2,5,17H2. The van der Waals surface area contributed by atoms with Crippen molar-refractivity contribution in [1.29, 1.82) is 0 Å². The fraction of sp³-hybridized carbons (Fsp3) is 0.200. The number of nitrogens with two attached hydrogens (primary N) is 1. The molecule has 0 saturated carbocycles. The number of nitrogen functional groups attached to an aromatic ring is 1. The molecule has 0 unspecified atom stereocenters. The van der Waals surface area contributed by atoms with Crippen molar-refractivity contribution >= 4 is 17.3 Å². The third kappa shape index (κ3) is 2.22. The van der Waals surface area contributed by atoms with Gasteiger partial charge in [0.1, 0.15) is 5.82 Å². The summed E-state index contributed by atoms with van der Waals surface area (Å²) in [6, 6.07) is 6.76. The van der Waals surface area contributed by atoms with Gasteiger partial charge in [-0.1, -0.05) is 6.07 Å². The quantitative estimate of drug-likeness (QED) is 0.810. The summed E-state index contributed by atoms with van der Waals surface area (Å²) < 4.78 is 13.2. The molecule has 0 fully saturated rings. The maximum Gasteiger partial charge on any atom is 0.259 e. The summed E-state index contributed by atoms with van der Waals surface area (Å²) >= 11 is 0. The molecule has 5 heteroatoms. The van der Waals surface area contributed by atoms with E-state index in [1.807, 2.05) is 12.1 Å². The smallest absolute Gasteiger partial charge is 0.259 e. The summed E-state index contributed by atoms with van der Waals surface area (Å²) in [5.74, 6) is -0.760. The average Bonchev–Trinajstić information content (AvgIpc) is 2.46. The fourth-order valence-corrected chi connectivity index (χ4v) is 2.49. The monoisotopic (exact) mass is 271 g/mol. The highest BCUT2D eigenvalue weighted by atomic mass is 19.1. The van der Waals surface area contributed by atoms with Crippen LogP contribution in [0.25, 0.3) is 0 Å². The van der Waals surface area contributed by atoms with E-state index in [1.165, 1.54) is 12.3 Å². The predicted molar refractivity (Wildman–Crippen MR) is 75.0 cm³/mol. The molecule has 1 aromatic carbocycles. The highest BCUT2D eigenvalue weighted by molar-refractivity contribution is 6.06. The second-order valence-electron chi connectivity index (χ2n) is 4.84. The molecule has 4 nitrogen and oxygen atoms in total. The molecule has 0 atom stereocenters. The van der Waals surface area contributed by atoms with E-state index < -0.39 is 5.82 Å². The van der Waals surface area contributed by atoms with Crippen molar-refractivity contribution in [3.05, 3.63) is 53.6 Å². The van der Waals surface area contributed by atoms with Crippen LogP contribution in [0, 0.1) is 5.82 Å². The largest absolute Gasteiger partial charge is 0.399 e. The molecular formula is C15H14FN3O. The lowest BCUT2D eigenvalue weighted by Gasteiger charge is -2.29. The molecule has 0 aliphatic carbocycles. The molecule has 1 aromatic heterocycles. The van der Waals surface area contributed by atoms with E-state index in [0.717, 1.165) is 30.3 Å². The van der Waals surface area contributed by atoms with Crippen molar-refractivity contribution in [3.63, 3.8) is 0 Å². The Hall–Kier alpha value is -2.43. The summed E-state index contributed by atoms with van der Waals surface area (Å²) in [6.07, 6.45) is 4.26. The third-order valence-corrected chi connectivity index (χ3v) is 3.42. The number of fused-ring (bicyclic) bond motifs is 1. The van der Waals surface area contributed by atoms with Gasteiger partial charge in [-0.05, 0) is 36.6 Å². The summed E-state index contributed by atoms with van der Waals surface area (Å²) in [5, 5.41) is 0. The number of anilines is 2. The summed E-state index contributed by atoms with van der Waals surface area (Å²) in [4.78, 5) is 17.9. The van der Waals surface area contributed by atoms with Gasteiger partial charge in [0.2, 0.25) is 0 Å². The number of carbonyl (C=O) groups is 1. The highest BCUT2D eigenvalue weighted by Gasteiger charge is 2.24. The average molecular weight is 271 g/mol. The van der Waals surface area contributed by atoms with Crippen molar-refractivity contribution in [2.75, 3.05) is 17.2 Å². The van der Waals surface area contributed by atoms with Gasteiger partial charge < -0.3 is 10.6 Å². The van der Waals surface area contributed by atoms with Gasteiger partial charge in [-0.3, -0.25) is 9.78 Å². The summed E-state index contributed by atoms with van der Waals surface area (Å²) in [5.41, 5.74) is 8.56. The van der Waals surface area contributed by atoms with Gasteiger partial charge in [-0.2, -0.15) is 0 Å². The van der Waals surface area contributed by atoms with Crippen LogP contribution in [0.5, 0.6) is 0 Å². The first kappa shape index (κ1) is 12.6. The number of aryl methyl sites for hydroxylation is 1. The van der Waals surface area contributed by atoms with E-state index in [-0.39, 0.29) is 11.5 Å². The van der Waals surface area contributed by atoms with Crippen LogP contribution in [-0.2, 0) is 6.42 Å². The molecular weight excluding hydrogens is 257 g/mol. The number of carbonyl (C=O) groups excluding carboxylic acids is 1. The van der Waals surface area contributed by atoms with Gasteiger partial charge >= 0.3 is 0 Å². The Kier molecular flexibility index (Phi) is 3.10. The zero-order chi connectivity index (χ0) is 14.1. The number of pyridine rings is 1. The number of hydrogen-bond acceptors (Lipinski definition) is 3. The third-order valence-electron chi connectivity index (χ3n) is 3.42. The topological polar surface area (TPSA) is 59.2 Å². The van der Waals surface area contributed by atoms with Crippen LogP contribution >= 0.6 is 0 Å². The second-order valence-corrected chi connectivity index (χ2v) is 4.84. The minimum absolute atomic E-state index is 0.247. The molecule has 1 aliphatic rings. The molecule has 20 heavy (non-hydrogen) atoms. The van der Waals surface area contributed by atoms with Crippen LogP contribution in [-0.4, -0.2) is 17.4 Å². The zero-order valence-corrected chi connectivity index (χ0v) is 10.8. The molecule has 102 valence electrons. The minimum atomic E-state index is -0.513. The summed E-state index contributed by atoms with van der Waals surface area (Å²) in [6.45, 7) is 0.603. The molecule has 2 aromatic rings. The minimum Gasteiger partial charge on any atom is -0.399 e. The second kappa shape index (κ2) is 4.92. The first-order chi connectivity index (χ1) is 9.65. The van der Waals surface area contributed by atoms with Crippen LogP contribution in [0.4, 0.5) is 15.8 Å². The van der Waals surface area contributed by atoms with Gasteiger partial charge in [0, 0.05) is 24.1 Å². The van der Waals surface area contributed by atoms with Crippen molar-refractivity contribution in [2.24, 2.45) is 0 Å². The molecule has 0 saturated heterocycles. The Labute approximate surface area is 116 Å². The van der Waals surface area contributed by atoms with E-state index in [1.54, 1.807) is 11.0 Å². The lowest BCUT2D eigenvalue weighted by molar-refractivity contribution is 0.0984. The summed E-state index contributed by atoms with van der Waals surface area (Å²) in [7, 11) is 0. The van der Waals surface area contributed by atoms with Gasteiger partial charge in [0.05, 0.1) is 11.8 Å². The number of benzene rings is 1. The van der Waals surface area contributed by atoms with E-state index >= 15 is 0 Å². The Morgan fingerprint density at radius 2 is 2.15 bits per heavy atom.